The monoisotopic (exact) mass is 317 g/mol. The minimum Gasteiger partial charge on any atom is -0.478 e. The highest BCUT2D eigenvalue weighted by Gasteiger charge is 2.31. The molecule has 0 radical (unpaired) electrons. The Morgan fingerprint density at radius 1 is 1.40 bits per heavy atom. The Kier molecular flexibility index (Phi) is 6.82. The topological polar surface area (TPSA) is 57.6 Å². The fourth-order valence-corrected chi connectivity index (χ4v) is 4.80. The molecule has 0 spiro atoms. The van der Waals surface area contributed by atoms with Crippen molar-refractivity contribution in [3.8, 4) is 0 Å². The average Bonchev–Trinajstić information content (AvgIpc) is 2.43. The molecular formula is C14H23NO3S2. The van der Waals surface area contributed by atoms with Crippen LogP contribution in [0.1, 0.15) is 38.5 Å². The first-order valence-electron chi connectivity index (χ1n) is 6.86. The summed E-state index contributed by atoms with van der Waals surface area (Å²) < 4.78 is 12.8. The van der Waals surface area contributed by atoms with Gasteiger partial charge >= 0.3 is 5.97 Å². The van der Waals surface area contributed by atoms with Crippen LogP contribution >= 0.6 is 12.2 Å². The number of nitrogens with zero attached hydrogens (tertiary/aromatic N) is 1. The fourth-order valence-electron chi connectivity index (χ4n) is 2.40. The Morgan fingerprint density at radius 2 is 1.95 bits per heavy atom. The van der Waals surface area contributed by atoms with E-state index in [4.69, 9.17) is 17.3 Å². The van der Waals surface area contributed by atoms with Crippen molar-refractivity contribution in [1.82, 2.24) is 4.90 Å². The van der Waals surface area contributed by atoms with Crippen molar-refractivity contribution in [2.75, 3.05) is 14.1 Å². The van der Waals surface area contributed by atoms with Gasteiger partial charge in [0.25, 0.3) is 0 Å². The summed E-state index contributed by atoms with van der Waals surface area (Å²) >= 11 is 5.35. The molecule has 0 aliphatic heterocycles. The molecule has 1 aliphatic rings. The van der Waals surface area contributed by atoms with E-state index in [9.17, 15) is 9.00 Å². The zero-order chi connectivity index (χ0) is 15.3. The average molecular weight is 317 g/mol. The number of hydrogen-bond donors (Lipinski definition) is 1. The van der Waals surface area contributed by atoms with Crippen molar-refractivity contribution >= 4 is 34.0 Å². The van der Waals surface area contributed by atoms with E-state index < -0.39 is 22.0 Å². The molecule has 6 heteroatoms. The van der Waals surface area contributed by atoms with Crippen LogP contribution in [0.2, 0.25) is 0 Å². The maximum atomic E-state index is 12.8. The highest BCUT2D eigenvalue weighted by atomic mass is 32.2. The molecular weight excluding hydrogens is 294 g/mol. The van der Waals surface area contributed by atoms with Crippen LogP contribution in [0.4, 0.5) is 0 Å². The Morgan fingerprint density at radius 3 is 2.40 bits per heavy atom. The first-order chi connectivity index (χ1) is 9.34. The first kappa shape index (κ1) is 17.3. The summed E-state index contributed by atoms with van der Waals surface area (Å²) in [4.78, 5) is 13.3. The zero-order valence-electron chi connectivity index (χ0n) is 12.1. The first-order valence-corrected chi connectivity index (χ1v) is 8.54. The van der Waals surface area contributed by atoms with Gasteiger partial charge in [-0.2, -0.15) is 0 Å². The van der Waals surface area contributed by atoms with Gasteiger partial charge in [0, 0.05) is 35.7 Å². The summed E-state index contributed by atoms with van der Waals surface area (Å²) in [6, 6.07) is 0. The largest absolute Gasteiger partial charge is 0.478 e. The van der Waals surface area contributed by atoms with Gasteiger partial charge in [0.1, 0.15) is 0 Å². The number of hydrogen-bond acceptors (Lipinski definition) is 3. The molecule has 1 rings (SSSR count). The van der Waals surface area contributed by atoms with E-state index >= 15 is 0 Å². The predicted octanol–water partition coefficient (Wildman–Crippen LogP) is 2.36. The number of rotatable bonds is 6. The quantitative estimate of drug-likeness (QED) is 0.602. The molecule has 0 aromatic heterocycles. The number of aliphatic carboxylic acids is 1. The molecule has 4 nitrogen and oxygen atoms in total. The van der Waals surface area contributed by atoms with Gasteiger partial charge in [-0.3, -0.25) is 4.21 Å². The van der Waals surface area contributed by atoms with E-state index in [0.29, 0.717) is 4.99 Å². The van der Waals surface area contributed by atoms with Crippen molar-refractivity contribution in [2.45, 2.75) is 49.0 Å². The third-order valence-corrected chi connectivity index (χ3v) is 6.49. The van der Waals surface area contributed by atoms with Crippen LogP contribution < -0.4 is 0 Å². The van der Waals surface area contributed by atoms with Gasteiger partial charge in [0.15, 0.2) is 0 Å². The van der Waals surface area contributed by atoms with Gasteiger partial charge in [-0.15, -0.1) is 0 Å². The highest BCUT2D eigenvalue weighted by molar-refractivity contribution is 7.90. The molecule has 20 heavy (non-hydrogen) atoms. The third kappa shape index (κ3) is 4.66. The highest BCUT2D eigenvalue weighted by Crippen LogP contribution is 2.26. The second-order valence-electron chi connectivity index (χ2n) is 5.42. The van der Waals surface area contributed by atoms with Gasteiger partial charge in [-0.05, 0) is 19.3 Å². The van der Waals surface area contributed by atoms with Crippen LogP contribution in [0.15, 0.2) is 12.2 Å². The number of carbonyl (C=O) groups is 1. The van der Waals surface area contributed by atoms with Gasteiger partial charge < -0.3 is 10.0 Å². The van der Waals surface area contributed by atoms with Crippen LogP contribution in [0.5, 0.6) is 0 Å². The molecule has 0 heterocycles. The molecule has 0 aromatic rings. The van der Waals surface area contributed by atoms with Crippen LogP contribution in [0.25, 0.3) is 0 Å². The SMILES string of the molecule is C=C(C[C@@H](C(=S)N(C)C)[S@@](=O)C1CCCCC1)C(=O)O. The maximum absolute atomic E-state index is 12.8. The molecule has 1 N–H and O–H groups in total. The zero-order valence-corrected chi connectivity index (χ0v) is 13.8. The Balaban J connectivity index is 2.85. The van der Waals surface area contributed by atoms with Crippen LogP contribution in [-0.4, -0.2) is 49.8 Å². The summed E-state index contributed by atoms with van der Waals surface area (Å²) in [7, 11) is 2.47. The lowest BCUT2D eigenvalue weighted by atomic mass is 10.0. The molecule has 0 bridgehead atoms. The summed E-state index contributed by atoms with van der Waals surface area (Å²) in [6.07, 6.45) is 5.43. The molecule has 0 saturated heterocycles. The van der Waals surface area contributed by atoms with E-state index in [2.05, 4.69) is 6.58 Å². The number of carboxylic acids is 1. The molecule has 1 aliphatic carbocycles. The molecule has 114 valence electrons. The van der Waals surface area contributed by atoms with Crippen LogP contribution in [-0.2, 0) is 15.6 Å². The minimum atomic E-state index is -1.14. The van der Waals surface area contributed by atoms with Gasteiger partial charge in [0.2, 0.25) is 0 Å². The maximum Gasteiger partial charge on any atom is 0.331 e. The van der Waals surface area contributed by atoms with E-state index in [1.54, 1.807) is 19.0 Å². The number of thiocarbonyl (C=S) groups is 1. The van der Waals surface area contributed by atoms with Gasteiger partial charge in [-0.1, -0.05) is 38.1 Å². The van der Waals surface area contributed by atoms with Crippen LogP contribution in [0.3, 0.4) is 0 Å². The second kappa shape index (κ2) is 7.88. The second-order valence-corrected chi connectivity index (χ2v) is 7.73. The van der Waals surface area contributed by atoms with Crippen molar-refractivity contribution in [3.63, 3.8) is 0 Å². The van der Waals surface area contributed by atoms with Crippen molar-refractivity contribution in [3.05, 3.63) is 12.2 Å². The predicted molar refractivity (Wildman–Crippen MR) is 86.5 cm³/mol. The Hall–Kier alpha value is -0.750. The van der Waals surface area contributed by atoms with Gasteiger partial charge in [0.05, 0.1) is 10.2 Å². The van der Waals surface area contributed by atoms with E-state index in [-0.39, 0.29) is 17.2 Å². The fraction of sp³-hybridized carbons (Fsp3) is 0.714. The van der Waals surface area contributed by atoms with Crippen molar-refractivity contribution in [1.29, 1.82) is 0 Å². The van der Waals surface area contributed by atoms with E-state index in [0.717, 1.165) is 25.7 Å². The molecule has 2 atom stereocenters. The lowest BCUT2D eigenvalue weighted by molar-refractivity contribution is -0.132. The van der Waals surface area contributed by atoms with Crippen molar-refractivity contribution in [2.24, 2.45) is 0 Å². The summed E-state index contributed by atoms with van der Waals surface area (Å²) in [5.74, 6) is -1.04. The van der Waals surface area contributed by atoms with E-state index in [1.807, 2.05) is 0 Å². The van der Waals surface area contributed by atoms with Crippen LogP contribution in [0, 0.1) is 0 Å². The van der Waals surface area contributed by atoms with Gasteiger partial charge in [-0.25, -0.2) is 4.79 Å². The molecule has 1 saturated carbocycles. The smallest absolute Gasteiger partial charge is 0.331 e. The standard InChI is InChI=1S/C14H23NO3S2/c1-10(14(16)17)9-12(13(19)15(2)3)20(18)11-7-5-4-6-8-11/h11-12H,1,4-9H2,2-3H3,(H,16,17)/t12-,20-/m0/s1. The molecule has 1 fully saturated rings. The van der Waals surface area contributed by atoms with Crippen molar-refractivity contribution < 1.29 is 14.1 Å². The summed E-state index contributed by atoms with van der Waals surface area (Å²) in [5, 5.41) is 8.70. The molecule has 0 aromatic carbocycles. The van der Waals surface area contributed by atoms with E-state index in [1.165, 1.54) is 6.42 Å². The lowest BCUT2D eigenvalue weighted by Crippen LogP contribution is -2.40. The minimum absolute atomic E-state index is 0.0726. The number of carboxylic acid groups (broad SMARTS) is 1. The Labute approximate surface area is 128 Å². The summed E-state index contributed by atoms with van der Waals surface area (Å²) in [5.41, 5.74) is 0.0726. The normalized spacial score (nSPS) is 19.1. The lowest BCUT2D eigenvalue weighted by Gasteiger charge is -2.29. The molecule has 0 amide bonds. The summed E-state index contributed by atoms with van der Waals surface area (Å²) in [6.45, 7) is 3.55. The molecule has 0 unspecified atom stereocenters. The third-order valence-electron chi connectivity index (χ3n) is 3.61. The Bertz CT molecular complexity index is 415.